The number of carbonyl (C=O) groups is 1. The van der Waals surface area contributed by atoms with Gasteiger partial charge in [-0.2, -0.15) is 0 Å². The molecule has 4 rings (SSSR count). The minimum atomic E-state index is -0.400. The maximum absolute atomic E-state index is 12.0. The van der Waals surface area contributed by atoms with Gasteiger partial charge in [0, 0.05) is 0 Å². The zero-order valence-corrected chi connectivity index (χ0v) is 15.0. The number of ether oxygens (including phenoxy) is 2. The van der Waals surface area contributed by atoms with Gasteiger partial charge in [-0.1, -0.05) is 6.92 Å². The fourth-order valence-electron chi connectivity index (χ4n) is 6.66. The normalized spacial score (nSPS) is 43.9. The Morgan fingerprint density at radius 3 is 2.74 bits per heavy atom. The van der Waals surface area contributed by atoms with Crippen LogP contribution in [0.15, 0.2) is 0 Å². The molecule has 4 bridgehead atoms. The van der Waals surface area contributed by atoms with Crippen LogP contribution in [0.3, 0.4) is 0 Å². The molecule has 3 nitrogen and oxygen atoms in total. The second-order valence-corrected chi connectivity index (χ2v) is 9.44. The average molecular weight is 320 g/mol. The maximum Gasteiger partial charge on any atom is 0.313 e. The number of fused-ring (bicyclic) bond motifs is 9. The van der Waals surface area contributed by atoms with Gasteiger partial charge in [-0.05, 0) is 93.8 Å². The van der Waals surface area contributed by atoms with E-state index >= 15 is 0 Å². The first-order valence-corrected chi connectivity index (χ1v) is 9.72. The molecule has 4 aliphatic rings. The van der Waals surface area contributed by atoms with Gasteiger partial charge in [0.05, 0.1) is 12.0 Å². The molecule has 4 aliphatic carbocycles. The lowest BCUT2D eigenvalue weighted by atomic mass is 9.65. The van der Waals surface area contributed by atoms with Gasteiger partial charge >= 0.3 is 5.97 Å². The highest BCUT2D eigenvalue weighted by Crippen LogP contribution is 2.72. The summed E-state index contributed by atoms with van der Waals surface area (Å²) in [5.74, 6) is 4.77. The summed E-state index contributed by atoms with van der Waals surface area (Å²) in [4.78, 5) is 12.0. The van der Waals surface area contributed by atoms with Crippen LogP contribution in [0.25, 0.3) is 0 Å². The molecule has 0 aromatic rings. The molecule has 0 saturated heterocycles. The summed E-state index contributed by atoms with van der Waals surface area (Å²) in [6, 6.07) is 0. The van der Waals surface area contributed by atoms with Crippen LogP contribution in [-0.4, -0.2) is 19.4 Å². The van der Waals surface area contributed by atoms with Crippen LogP contribution in [-0.2, 0) is 14.3 Å². The van der Waals surface area contributed by atoms with Gasteiger partial charge in [-0.25, -0.2) is 0 Å². The Kier molecular flexibility index (Phi) is 3.79. The summed E-state index contributed by atoms with van der Waals surface area (Å²) in [5, 5.41) is 0. The van der Waals surface area contributed by atoms with Crippen LogP contribution in [0.4, 0.5) is 0 Å². The van der Waals surface area contributed by atoms with E-state index in [2.05, 4.69) is 0 Å². The third kappa shape index (κ3) is 2.37. The quantitative estimate of drug-likeness (QED) is 0.315. The van der Waals surface area contributed by atoms with Gasteiger partial charge in [0.15, 0.2) is 6.79 Å². The fraction of sp³-hybridized carbons (Fsp3) is 0.950. The van der Waals surface area contributed by atoms with Gasteiger partial charge in [-0.15, -0.1) is 0 Å². The van der Waals surface area contributed by atoms with Crippen LogP contribution >= 0.6 is 0 Å². The minimum absolute atomic E-state index is 0.133. The summed E-state index contributed by atoms with van der Waals surface area (Å²) in [7, 11) is 0. The lowest BCUT2D eigenvalue weighted by molar-refractivity contribution is -0.171. The Morgan fingerprint density at radius 2 is 1.96 bits per heavy atom. The van der Waals surface area contributed by atoms with Gasteiger partial charge < -0.3 is 9.47 Å². The van der Waals surface area contributed by atoms with Crippen molar-refractivity contribution in [3.8, 4) is 0 Å². The SMILES string of the molecule is CCC(C)(C)C(=O)OCOCC12CCC(C1)C1C3CCC(C3)C12. The summed E-state index contributed by atoms with van der Waals surface area (Å²) in [6.07, 6.45) is 9.37. The monoisotopic (exact) mass is 320 g/mol. The smallest absolute Gasteiger partial charge is 0.313 e. The first-order valence-electron chi connectivity index (χ1n) is 9.72. The number of carbonyl (C=O) groups excluding carboxylic acids is 1. The van der Waals surface area contributed by atoms with E-state index in [0.29, 0.717) is 5.41 Å². The van der Waals surface area contributed by atoms with Crippen molar-refractivity contribution < 1.29 is 14.3 Å². The lowest BCUT2D eigenvalue weighted by Gasteiger charge is -2.42. The Hall–Kier alpha value is -0.570. The second-order valence-electron chi connectivity index (χ2n) is 9.44. The van der Waals surface area contributed by atoms with Crippen molar-refractivity contribution in [2.45, 2.75) is 65.7 Å². The number of esters is 1. The molecule has 0 amide bonds. The van der Waals surface area contributed by atoms with Crippen LogP contribution < -0.4 is 0 Å². The van der Waals surface area contributed by atoms with E-state index in [1.807, 2.05) is 20.8 Å². The average Bonchev–Trinajstić information content (AvgIpc) is 3.29. The summed E-state index contributed by atoms with van der Waals surface area (Å²) >= 11 is 0. The topological polar surface area (TPSA) is 35.5 Å². The number of hydrogen-bond donors (Lipinski definition) is 0. The Bertz CT molecular complexity index is 485. The van der Waals surface area contributed by atoms with E-state index in [9.17, 15) is 4.79 Å². The summed E-state index contributed by atoms with van der Waals surface area (Å²) in [5.41, 5.74) is 0.0189. The van der Waals surface area contributed by atoms with Crippen molar-refractivity contribution in [2.24, 2.45) is 40.4 Å². The predicted molar refractivity (Wildman–Crippen MR) is 88.6 cm³/mol. The first-order chi connectivity index (χ1) is 11.0. The molecular weight excluding hydrogens is 288 g/mol. The molecule has 0 heterocycles. The molecule has 130 valence electrons. The minimum Gasteiger partial charge on any atom is -0.438 e. The molecule has 23 heavy (non-hydrogen) atoms. The summed E-state index contributed by atoms with van der Waals surface area (Å²) in [6.45, 7) is 6.85. The van der Waals surface area contributed by atoms with E-state index in [4.69, 9.17) is 9.47 Å². The Balaban J connectivity index is 1.32. The number of hydrogen-bond acceptors (Lipinski definition) is 3. The first kappa shape index (κ1) is 15.9. The van der Waals surface area contributed by atoms with Gasteiger partial charge in [0.25, 0.3) is 0 Å². The van der Waals surface area contributed by atoms with Crippen LogP contribution in [0, 0.1) is 40.4 Å². The van der Waals surface area contributed by atoms with Gasteiger partial charge in [0.2, 0.25) is 0 Å². The standard InChI is InChI=1S/C20H32O3/c1-4-19(2,3)18(21)23-12-22-11-20-8-7-15(10-20)16-13-5-6-14(9-13)17(16)20/h13-17H,4-12H2,1-3H3. The molecule has 0 aliphatic heterocycles. The van der Waals surface area contributed by atoms with E-state index in [-0.39, 0.29) is 12.8 Å². The van der Waals surface area contributed by atoms with E-state index < -0.39 is 5.41 Å². The molecule has 4 saturated carbocycles. The van der Waals surface area contributed by atoms with Gasteiger partial charge in [0.1, 0.15) is 0 Å². The van der Waals surface area contributed by atoms with Crippen LogP contribution in [0.2, 0.25) is 0 Å². The van der Waals surface area contributed by atoms with E-state index in [0.717, 1.165) is 42.6 Å². The van der Waals surface area contributed by atoms with Crippen molar-refractivity contribution in [1.82, 2.24) is 0 Å². The largest absolute Gasteiger partial charge is 0.438 e. The Morgan fingerprint density at radius 1 is 1.17 bits per heavy atom. The molecule has 6 unspecified atom stereocenters. The van der Waals surface area contributed by atoms with Crippen molar-refractivity contribution in [2.75, 3.05) is 13.4 Å². The van der Waals surface area contributed by atoms with Crippen LogP contribution in [0.1, 0.15) is 65.7 Å². The highest BCUT2D eigenvalue weighted by molar-refractivity contribution is 5.75. The molecule has 0 spiro atoms. The maximum atomic E-state index is 12.0. The zero-order valence-electron chi connectivity index (χ0n) is 15.0. The highest BCUT2D eigenvalue weighted by atomic mass is 16.7. The van der Waals surface area contributed by atoms with Crippen molar-refractivity contribution in [3.63, 3.8) is 0 Å². The van der Waals surface area contributed by atoms with Crippen LogP contribution in [0.5, 0.6) is 0 Å². The molecular formula is C20H32O3. The third-order valence-corrected chi connectivity index (χ3v) is 8.01. The zero-order chi connectivity index (χ0) is 16.2. The summed E-state index contributed by atoms with van der Waals surface area (Å²) < 4.78 is 11.3. The number of rotatable bonds is 6. The second kappa shape index (κ2) is 5.47. The van der Waals surface area contributed by atoms with E-state index in [1.165, 1.54) is 38.5 Å². The molecule has 4 fully saturated rings. The highest BCUT2D eigenvalue weighted by Gasteiger charge is 2.66. The molecule has 6 atom stereocenters. The fourth-order valence-corrected chi connectivity index (χ4v) is 6.66. The molecule has 0 aromatic carbocycles. The van der Waals surface area contributed by atoms with Crippen molar-refractivity contribution in [1.29, 1.82) is 0 Å². The van der Waals surface area contributed by atoms with Crippen molar-refractivity contribution >= 4 is 5.97 Å². The van der Waals surface area contributed by atoms with E-state index in [1.54, 1.807) is 0 Å². The molecule has 0 radical (unpaired) electrons. The molecule has 3 heteroatoms. The predicted octanol–water partition coefficient (Wildman–Crippen LogP) is 4.40. The Labute approximate surface area is 140 Å². The lowest BCUT2D eigenvalue weighted by Crippen LogP contribution is -2.38. The molecule has 0 aromatic heterocycles. The van der Waals surface area contributed by atoms with Gasteiger partial charge in [-0.3, -0.25) is 4.79 Å². The third-order valence-electron chi connectivity index (χ3n) is 8.01. The van der Waals surface area contributed by atoms with Crippen molar-refractivity contribution in [3.05, 3.63) is 0 Å². The molecule has 0 N–H and O–H groups in total.